The zero-order valence-electron chi connectivity index (χ0n) is 16.2. The number of para-hydroxylation sites is 1. The van der Waals surface area contributed by atoms with E-state index in [1.54, 1.807) is 12.3 Å². The third-order valence-corrected chi connectivity index (χ3v) is 5.17. The van der Waals surface area contributed by atoms with Crippen molar-refractivity contribution >= 4 is 5.57 Å². The van der Waals surface area contributed by atoms with Crippen molar-refractivity contribution < 1.29 is 8.83 Å². The topological polar surface area (TPSA) is 73.1 Å². The van der Waals surface area contributed by atoms with E-state index in [2.05, 4.69) is 51.5 Å². The summed E-state index contributed by atoms with van der Waals surface area (Å²) in [6.45, 7) is 4.49. The highest BCUT2D eigenvalue weighted by molar-refractivity contribution is 5.66. The molecule has 146 valence electrons. The lowest BCUT2D eigenvalue weighted by Crippen LogP contribution is -2.28. The first-order chi connectivity index (χ1) is 14.3. The molecule has 0 bridgehead atoms. The monoisotopic (exact) mass is 387 g/mol. The molecule has 7 nitrogen and oxygen atoms in total. The number of aryl methyl sites for hydroxylation is 1. The highest BCUT2D eigenvalue weighted by atomic mass is 16.4. The maximum Gasteiger partial charge on any atom is 0.283 e. The zero-order valence-corrected chi connectivity index (χ0v) is 16.2. The van der Waals surface area contributed by atoms with Gasteiger partial charge < -0.3 is 8.83 Å². The van der Waals surface area contributed by atoms with Crippen LogP contribution in [0, 0.1) is 6.92 Å². The Balaban J connectivity index is 1.25. The van der Waals surface area contributed by atoms with Gasteiger partial charge in [-0.15, -0.1) is 10.2 Å². The summed E-state index contributed by atoms with van der Waals surface area (Å²) in [6, 6.07) is 11.9. The second-order valence-electron chi connectivity index (χ2n) is 7.15. The van der Waals surface area contributed by atoms with Crippen LogP contribution in [0.25, 0.3) is 22.9 Å². The van der Waals surface area contributed by atoms with Crippen LogP contribution in [0.3, 0.4) is 0 Å². The van der Waals surface area contributed by atoms with Crippen LogP contribution >= 0.6 is 0 Å². The molecule has 0 saturated heterocycles. The molecule has 0 amide bonds. The molecule has 1 aromatic carbocycles. The van der Waals surface area contributed by atoms with Crippen LogP contribution in [-0.4, -0.2) is 38.0 Å². The Hall–Kier alpha value is -3.45. The molecule has 0 radical (unpaired) electrons. The Morgan fingerprint density at radius 3 is 2.83 bits per heavy atom. The molecule has 4 heterocycles. The van der Waals surface area contributed by atoms with Gasteiger partial charge in [0, 0.05) is 24.8 Å². The number of furan rings is 1. The number of hydrogen-bond donors (Lipinski definition) is 0. The normalized spacial score (nSPS) is 14.9. The lowest BCUT2D eigenvalue weighted by Gasteiger charge is -2.24. The predicted molar refractivity (Wildman–Crippen MR) is 108 cm³/mol. The SMILES string of the molecule is Cc1ccccc1-n1cc(C2=CCN(Cc3nnc(-c4ccco4)o3)CC2)cn1. The smallest absolute Gasteiger partial charge is 0.283 e. The molecule has 7 heteroatoms. The molecule has 0 unspecified atom stereocenters. The van der Waals surface area contributed by atoms with Crippen molar-refractivity contribution in [1.29, 1.82) is 0 Å². The van der Waals surface area contributed by atoms with Gasteiger partial charge in [-0.3, -0.25) is 4.90 Å². The second-order valence-corrected chi connectivity index (χ2v) is 7.15. The lowest BCUT2D eigenvalue weighted by atomic mass is 10.0. The van der Waals surface area contributed by atoms with Crippen molar-refractivity contribution in [2.75, 3.05) is 13.1 Å². The van der Waals surface area contributed by atoms with E-state index in [4.69, 9.17) is 8.83 Å². The van der Waals surface area contributed by atoms with E-state index in [9.17, 15) is 0 Å². The first kappa shape index (κ1) is 17.6. The molecule has 0 atom stereocenters. The maximum atomic E-state index is 5.71. The van der Waals surface area contributed by atoms with Gasteiger partial charge >= 0.3 is 0 Å². The van der Waals surface area contributed by atoms with E-state index in [-0.39, 0.29) is 0 Å². The summed E-state index contributed by atoms with van der Waals surface area (Å²) in [5.41, 5.74) is 4.81. The largest absolute Gasteiger partial charge is 0.459 e. The Kier molecular flexibility index (Phi) is 4.57. The van der Waals surface area contributed by atoms with Crippen molar-refractivity contribution in [3.63, 3.8) is 0 Å². The van der Waals surface area contributed by atoms with Crippen LogP contribution in [0.5, 0.6) is 0 Å². The van der Waals surface area contributed by atoms with Gasteiger partial charge in [-0.05, 0) is 42.7 Å². The van der Waals surface area contributed by atoms with E-state index in [1.807, 2.05) is 29.1 Å². The van der Waals surface area contributed by atoms with Gasteiger partial charge in [0.1, 0.15) is 0 Å². The maximum absolute atomic E-state index is 5.71. The van der Waals surface area contributed by atoms with Crippen molar-refractivity contribution in [2.24, 2.45) is 0 Å². The van der Waals surface area contributed by atoms with Crippen LogP contribution in [0.2, 0.25) is 0 Å². The Bertz CT molecular complexity index is 1140. The Morgan fingerprint density at radius 2 is 2.03 bits per heavy atom. The highest BCUT2D eigenvalue weighted by Gasteiger charge is 2.18. The number of nitrogens with zero attached hydrogens (tertiary/aromatic N) is 5. The van der Waals surface area contributed by atoms with Crippen LogP contribution in [0.15, 0.2) is 70.0 Å². The minimum atomic E-state index is 0.418. The molecule has 1 aliphatic rings. The van der Waals surface area contributed by atoms with Gasteiger partial charge in [0.25, 0.3) is 5.89 Å². The molecule has 0 spiro atoms. The van der Waals surface area contributed by atoms with Gasteiger partial charge in [0.2, 0.25) is 5.89 Å². The summed E-state index contributed by atoms with van der Waals surface area (Å²) in [6.07, 6.45) is 8.86. The number of hydrogen-bond acceptors (Lipinski definition) is 6. The van der Waals surface area contributed by atoms with E-state index >= 15 is 0 Å². The number of aromatic nitrogens is 4. The molecule has 0 aliphatic carbocycles. The summed E-state index contributed by atoms with van der Waals surface area (Å²) >= 11 is 0. The number of rotatable bonds is 5. The van der Waals surface area contributed by atoms with E-state index in [0.29, 0.717) is 24.1 Å². The van der Waals surface area contributed by atoms with Gasteiger partial charge in [-0.1, -0.05) is 24.3 Å². The van der Waals surface area contributed by atoms with Crippen LogP contribution < -0.4 is 0 Å². The molecule has 0 saturated carbocycles. The molecule has 0 N–H and O–H groups in total. The van der Waals surface area contributed by atoms with E-state index < -0.39 is 0 Å². The van der Waals surface area contributed by atoms with Crippen molar-refractivity contribution in [1.82, 2.24) is 24.9 Å². The standard InChI is InChI=1S/C22H21N5O2/c1-16-5-2-3-6-19(16)27-14-18(13-23-27)17-8-10-26(11-9-17)15-21-24-25-22(29-21)20-7-4-12-28-20/h2-8,12-14H,9-11,15H2,1H3. The average Bonchev–Trinajstić information content (AvgIpc) is 3.50. The third-order valence-electron chi connectivity index (χ3n) is 5.17. The predicted octanol–water partition coefficient (Wildman–Crippen LogP) is 4.11. The summed E-state index contributed by atoms with van der Waals surface area (Å²) in [5.74, 6) is 1.61. The first-order valence-corrected chi connectivity index (χ1v) is 9.65. The first-order valence-electron chi connectivity index (χ1n) is 9.65. The zero-order chi connectivity index (χ0) is 19.6. The summed E-state index contributed by atoms with van der Waals surface area (Å²) < 4.78 is 13.0. The van der Waals surface area contributed by atoms with Gasteiger partial charge in [0.15, 0.2) is 5.76 Å². The van der Waals surface area contributed by atoms with Crippen LogP contribution in [0.4, 0.5) is 0 Å². The Labute approximate surface area is 168 Å². The third kappa shape index (κ3) is 3.64. The van der Waals surface area contributed by atoms with Gasteiger partial charge in [0.05, 0.1) is 24.7 Å². The minimum absolute atomic E-state index is 0.418. The molecule has 5 rings (SSSR count). The molecule has 29 heavy (non-hydrogen) atoms. The molecule has 0 fully saturated rings. The fourth-order valence-electron chi connectivity index (χ4n) is 3.57. The summed E-state index contributed by atoms with van der Waals surface area (Å²) in [5, 5.41) is 12.8. The van der Waals surface area contributed by atoms with Gasteiger partial charge in [-0.25, -0.2) is 4.68 Å². The fourth-order valence-corrected chi connectivity index (χ4v) is 3.57. The van der Waals surface area contributed by atoms with Crippen molar-refractivity contribution in [2.45, 2.75) is 19.9 Å². The highest BCUT2D eigenvalue weighted by Crippen LogP contribution is 2.25. The quantitative estimate of drug-likeness (QED) is 0.513. The van der Waals surface area contributed by atoms with Crippen molar-refractivity contribution in [3.8, 4) is 17.3 Å². The van der Waals surface area contributed by atoms with Crippen molar-refractivity contribution in [3.05, 3.63) is 78.1 Å². The van der Waals surface area contributed by atoms with Crippen LogP contribution in [-0.2, 0) is 6.54 Å². The fraction of sp³-hybridized carbons (Fsp3) is 0.227. The molecular formula is C22H21N5O2. The lowest BCUT2D eigenvalue weighted by molar-refractivity contribution is 0.262. The number of benzene rings is 1. The molecule has 4 aromatic rings. The van der Waals surface area contributed by atoms with E-state index in [0.717, 1.165) is 25.2 Å². The average molecular weight is 387 g/mol. The van der Waals surface area contributed by atoms with E-state index in [1.165, 1.54) is 16.7 Å². The molecule has 3 aromatic heterocycles. The molecule has 1 aliphatic heterocycles. The Morgan fingerprint density at radius 1 is 1.10 bits per heavy atom. The van der Waals surface area contributed by atoms with Crippen LogP contribution in [0.1, 0.15) is 23.4 Å². The molecular weight excluding hydrogens is 366 g/mol. The second kappa shape index (κ2) is 7.52. The van der Waals surface area contributed by atoms with Gasteiger partial charge in [-0.2, -0.15) is 5.10 Å². The summed E-state index contributed by atoms with van der Waals surface area (Å²) in [7, 11) is 0. The summed E-state index contributed by atoms with van der Waals surface area (Å²) in [4.78, 5) is 2.29. The minimum Gasteiger partial charge on any atom is -0.459 e.